The number of pyridine rings is 1. The maximum atomic E-state index is 14.4. The zero-order valence-electron chi connectivity index (χ0n) is 20.5. The molecule has 1 aromatic carbocycles. The number of thioether (sulfide) groups is 1. The number of carbonyl (C=O) groups excluding carboxylic acids is 1. The Kier molecular flexibility index (Phi) is 7.27. The highest BCUT2D eigenvalue weighted by Gasteiger charge is 2.33. The fourth-order valence-electron chi connectivity index (χ4n) is 4.54. The number of rotatable bonds is 6. The number of methoxy groups -OCH3 is 1. The average molecular weight is 540 g/mol. The Bertz CT molecular complexity index is 1470. The summed E-state index contributed by atoms with van der Waals surface area (Å²) in [6.45, 7) is 4.82. The first kappa shape index (κ1) is 25.4. The van der Waals surface area contributed by atoms with Gasteiger partial charge in [-0.2, -0.15) is 0 Å². The van der Waals surface area contributed by atoms with Gasteiger partial charge in [0.2, 0.25) is 0 Å². The van der Waals surface area contributed by atoms with Crippen LogP contribution in [-0.2, 0) is 9.53 Å². The molecule has 11 heteroatoms. The van der Waals surface area contributed by atoms with E-state index in [-0.39, 0.29) is 17.3 Å². The van der Waals surface area contributed by atoms with Gasteiger partial charge in [-0.1, -0.05) is 42.2 Å². The van der Waals surface area contributed by atoms with Crippen molar-refractivity contribution >= 4 is 57.4 Å². The van der Waals surface area contributed by atoms with Gasteiger partial charge in [-0.15, -0.1) is 0 Å². The van der Waals surface area contributed by atoms with Crippen molar-refractivity contribution in [1.29, 1.82) is 0 Å². The molecule has 8 nitrogen and oxygen atoms in total. The number of ether oxygens (including phenoxy) is 1. The summed E-state index contributed by atoms with van der Waals surface area (Å²) in [5.74, 6) is -0.00408. The van der Waals surface area contributed by atoms with E-state index < -0.39 is 0 Å². The van der Waals surface area contributed by atoms with Crippen LogP contribution in [0.25, 0.3) is 11.7 Å². The number of hydrogen-bond donors (Lipinski definition) is 0. The molecule has 0 bridgehead atoms. The molecule has 0 unspecified atom stereocenters. The van der Waals surface area contributed by atoms with Crippen LogP contribution in [0.2, 0.25) is 0 Å². The molecule has 2 aliphatic rings. The third-order valence-corrected chi connectivity index (χ3v) is 7.88. The molecule has 0 aliphatic carbocycles. The summed E-state index contributed by atoms with van der Waals surface area (Å²) >= 11 is 6.57. The molecule has 192 valence electrons. The quantitative estimate of drug-likeness (QED) is 0.349. The number of piperazine rings is 1. The summed E-state index contributed by atoms with van der Waals surface area (Å²) in [4.78, 5) is 37.6. The summed E-state index contributed by atoms with van der Waals surface area (Å²) in [7, 11) is 1.56. The largest absolute Gasteiger partial charge is 0.383 e. The smallest absolute Gasteiger partial charge is 0.267 e. The number of thiocarbonyl (C=S) groups is 1. The van der Waals surface area contributed by atoms with Gasteiger partial charge in [-0.3, -0.25) is 18.9 Å². The van der Waals surface area contributed by atoms with Gasteiger partial charge >= 0.3 is 0 Å². The van der Waals surface area contributed by atoms with Crippen LogP contribution in [0.3, 0.4) is 0 Å². The third-order valence-electron chi connectivity index (χ3n) is 6.50. The first-order chi connectivity index (χ1) is 17.9. The van der Waals surface area contributed by atoms with Gasteiger partial charge in [0.1, 0.15) is 21.6 Å². The van der Waals surface area contributed by atoms with Crippen LogP contribution in [0.5, 0.6) is 0 Å². The molecule has 3 aromatic rings. The standard InChI is InChI=1S/C26H26FN5O3S2/c1-17-6-5-9-31-22(17)28-23(30-12-10-29(11-13-30)20-8-4-3-7-19(20)27)18(24(31)33)16-21-25(34)32(14-15-35-2)26(36)37-21/h3-9,16H,10-15H2,1-2H3/b21-16-. The lowest BCUT2D eigenvalue weighted by Gasteiger charge is -2.37. The van der Waals surface area contributed by atoms with E-state index in [1.807, 2.05) is 28.9 Å². The van der Waals surface area contributed by atoms with Crippen molar-refractivity contribution in [3.63, 3.8) is 0 Å². The summed E-state index contributed by atoms with van der Waals surface area (Å²) < 4.78 is 21.4. The number of fused-ring (bicyclic) bond motifs is 1. The Hall–Kier alpha value is -3.28. The van der Waals surface area contributed by atoms with Crippen molar-refractivity contribution in [1.82, 2.24) is 14.3 Å². The SMILES string of the molecule is COCCN1C(=O)/C(=C/c2c(N3CCN(c4ccccc4F)CC3)nc3c(C)cccn3c2=O)SC1=S. The van der Waals surface area contributed by atoms with Gasteiger partial charge in [0, 0.05) is 39.5 Å². The lowest BCUT2D eigenvalue weighted by Crippen LogP contribution is -2.47. The van der Waals surface area contributed by atoms with Crippen LogP contribution in [0, 0.1) is 12.7 Å². The summed E-state index contributed by atoms with van der Waals surface area (Å²) in [6, 6.07) is 10.4. The van der Waals surface area contributed by atoms with Gasteiger partial charge in [0.15, 0.2) is 0 Å². The maximum Gasteiger partial charge on any atom is 0.267 e. The van der Waals surface area contributed by atoms with Crippen molar-refractivity contribution in [2.45, 2.75) is 6.92 Å². The fraction of sp³-hybridized carbons (Fsp3) is 0.308. The second-order valence-corrected chi connectivity index (χ2v) is 10.5. The van der Waals surface area contributed by atoms with Crippen LogP contribution in [-0.4, -0.2) is 71.0 Å². The number of hydrogen-bond acceptors (Lipinski definition) is 8. The third kappa shape index (κ3) is 4.86. The highest BCUT2D eigenvalue weighted by molar-refractivity contribution is 8.26. The number of amides is 1. The minimum Gasteiger partial charge on any atom is -0.383 e. The number of benzene rings is 1. The molecular formula is C26H26FN5O3S2. The van der Waals surface area contributed by atoms with Crippen molar-refractivity contribution in [3.8, 4) is 0 Å². The molecule has 0 saturated carbocycles. The van der Waals surface area contributed by atoms with E-state index in [0.29, 0.717) is 71.3 Å². The second-order valence-electron chi connectivity index (χ2n) is 8.79. The summed E-state index contributed by atoms with van der Waals surface area (Å²) in [5, 5.41) is 0. The Morgan fingerprint density at radius 3 is 2.57 bits per heavy atom. The van der Waals surface area contributed by atoms with E-state index in [0.717, 1.165) is 5.56 Å². The topological polar surface area (TPSA) is 70.4 Å². The maximum absolute atomic E-state index is 14.4. The number of carbonyl (C=O) groups is 1. The number of aryl methyl sites for hydroxylation is 1. The van der Waals surface area contributed by atoms with E-state index in [4.69, 9.17) is 21.9 Å². The van der Waals surface area contributed by atoms with Crippen molar-refractivity contribution in [2.75, 3.05) is 56.2 Å². The number of aromatic nitrogens is 2. The molecule has 0 N–H and O–H groups in total. The Balaban J connectivity index is 1.53. The van der Waals surface area contributed by atoms with Gasteiger partial charge in [-0.05, 0) is 36.8 Å². The number of anilines is 2. The molecular weight excluding hydrogens is 513 g/mol. The lowest BCUT2D eigenvalue weighted by atomic mass is 10.2. The van der Waals surface area contributed by atoms with E-state index in [1.54, 1.807) is 37.6 Å². The molecule has 1 amide bonds. The first-order valence-corrected chi connectivity index (χ1v) is 13.1. The van der Waals surface area contributed by atoms with E-state index in [9.17, 15) is 14.0 Å². The van der Waals surface area contributed by atoms with E-state index in [2.05, 4.69) is 0 Å². The highest BCUT2D eigenvalue weighted by atomic mass is 32.2. The molecule has 2 aliphatic heterocycles. The normalized spacial score (nSPS) is 17.5. The molecule has 37 heavy (non-hydrogen) atoms. The van der Waals surface area contributed by atoms with E-state index >= 15 is 0 Å². The second kappa shape index (κ2) is 10.6. The van der Waals surface area contributed by atoms with Crippen LogP contribution in [0.4, 0.5) is 15.9 Å². The van der Waals surface area contributed by atoms with Crippen molar-refractivity contribution in [2.24, 2.45) is 0 Å². The fourth-order valence-corrected chi connectivity index (χ4v) is 5.83. The van der Waals surface area contributed by atoms with E-state index in [1.165, 1.54) is 27.1 Å². The zero-order valence-corrected chi connectivity index (χ0v) is 22.1. The van der Waals surface area contributed by atoms with Crippen molar-refractivity contribution in [3.05, 3.63) is 74.8 Å². The highest BCUT2D eigenvalue weighted by Crippen LogP contribution is 2.34. The molecule has 4 heterocycles. The van der Waals surface area contributed by atoms with Crippen LogP contribution in [0.15, 0.2) is 52.3 Å². The Morgan fingerprint density at radius 1 is 1.11 bits per heavy atom. The predicted octanol–water partition coefficient (Wildman–Crippen LogP) is 3.32. The zero-order chi connectivity index (χ0) is 26.1. The van der Waals surface area contributed by atoms with Crippen LogP contribution < -0.4 is 15.4 Å². The Labute approximate surface area is 223 Å². The molecule has 0 atom stereocenters. The van der Waals surface area contributed by atoms with Crippen molar-refractivity contribution < 1.29 is 13.9 Å². The molecule has 2 aromatic heterocycles. The molecule has 2 saturated heterocycles. The first-order valence-electron chi connectivity index (χ1n) is 11.9. The van der Waals surface area contributed by atoms with Gasteiger partial charge in [-0.25, -0.2) is 9.37 Å². The number of para-hydroxylation sites is 1. The minimum atomic E-state index is -0.262. The Morgan fingerprint density at radius 2 is 1.84 bits per heavy atom. The summed E-state index contributed by atoms with van der Waals surface area (Å²) in [6.07, 6.45) is 3.29. The van der Waals surface area contributed by atoms with Crippen LogP contribution in [0.1, 0.15) is 11.1 Å². The van der Waals surface area contributed by atoms with Crippen LogP contribution >= 0.6 is 24.0 Å². The number of halogens is 1. The van der Waals surface area contributed by atoms with Gasteiger partial charge in [0.05, 0.1) is 29.3 Å². The minimum absolute atomic E-state index is 0.254. The predicted molar refractivity (Wildman–Crippen MR) is 149 cm³/mol. The summed E-state index contributed by atoms with van der Waals surface area (Å²) in [5.41, 5.74) is 2.05. The average Bonchev–Trinajstić information content (AvgIpc) is 3.17. The molecule has 0 spiro atoms. The molecule has 0 radical (unpaired) electrons. The van der Waals surface area contributed by atoms with Gasteiger partial charge < -0.3 is 14.5 Å². The molecule has 5 rings (SSSR count). The monoisotopic (exact) mass is 539 g/mol. The van der Waals surface area contributed by atoms with Gasteiger partial charge in [0.25, 0.3) is 11.5 Å². The number of nitrogens with zero attached hydrogens (tertiary/aromatic N) is 5. The molecule has 2 fully saturated rings. The lowest BCUT2D eigenvalue weighted by molar-refractivity contribution is -0.122.